The molecule has 2 N–H and O–H groups in total. The monoisotopic (exact) mass is 303 g/mol. The maximum absolute atomic E-state index is 5.39. The summed E-state index contributed by atoms with van der Waals surface area (Å²) in [6, 6.07) is 8.51. The SMILES string of the molecule is CN=C(NCc1csc2ccccc12)NCC1CCOC1. The maximum atomic E-state index is 5.39. The number of rotatable bonds is 4. The van der Waals surface area contributed by atoms with Crippen molar-refractivity contribution >= 4 is 27.4 Å². The summed E-state index contributed by atoms with van der Waals surface area (Å²) >= 11 is 1.79. The summed E-state index contributed by atoms with van der Waals surface area (Å²) in [6.07, 6.45) is 1.14. The first kappa shape index (κ1) is 14.4. The molecule has 4 nitrogen and oxygen atoms in total. The molecule has 1 fully saturated rings. The molecule has 0 radical (unpaired) electrons. The lowest BCUT2D eigenvalue weighted by Crippen LogP contribution is -2.39. The normalized spacial score (nSPS) is 19.1. The Morgan fingerprint density at radius 2 is 2.29 bits per heavy atom. The minimum Gasteiger partial charge on any atom is -0.381 e. The van der Waals surface area contributed by atoms with Crippen LogP contribution in [0.4, 0.5) is 0 Å². The Labute approximate surface area is 129 Å². The van der Waals surface area contributed by atoms with Crippen molar-refractivity contribution in [3.63, 3.8) is 0 Å². The van der Waals surface area contributed by atoms with Crippen molar-refractivity contribution < 1.29 is 4.74 Å². The molecule has 1 aliphatic rings. The largest absolute Gasteiger partial charge is 0.381 e. The van der Waals surface area contributed by atoms with E-state index < -0.39 is 0 Å². The highest BCUT2D eigenvalue weighted by Gasteiger charge is 2.15. The molecular weight excluding hydrogens is 282 g/mol. The number of nitrogens with zero attached hydrogens (tertiary/aromatic N) is 1. The molecule has 1 atom stereocenters. The van der Waals surface area contributed by atoms with Gasteiger partial charge >= 0.3 is 0 Å². The summed E-state index contributed by atoms with van der Waals surface area (Å²) < 4.78 is 6.72. The van der Waals surface area contributed by atoms with E-state index in [0.29, 0.717) is 5.92 Å². The number of nitrogens with one attached hydrogen (secondary N) is 2. The van der Waals surface area contributed by atoms with Gasteiger partial charge < -0.3 is 15.4 Å². The number of ether oxygens (including phenoxy) is 1. The van der Waals surface area contributed by atoms with E-state index in [9.17, 15) is 0 Å². The lowest BCUT2D eigenvalue weighted by molar-refractivity contribution is 0.186. The van der Waals surface area contributed by atoms with Crippen molar-refractivity contribution in [1.82, 2.24) is 10.6 Å². The minimum atomic E-state index is 0.602. The molecule has 2 aromatic rings. The van der Waals surface area contributed by atoms with Gasteiger partial charge in [-0.3, -0.25) is 4.99 Å². The van der Waals surface area contributed by atoms with Gasteiger partial charge in [0, 0.05) is 37.4 Å². The van der Waals surface area contributed by atoms with Crippen LogP contribution in [0.25, 0.3) is 10.1 Å². The van der Waals surface area contributed by atoms with Gasteiger partial charge in [0.15, 0.2) is 5.96 Å². The van der Waals surface area contributed by atoms with Crippen LogP contribution in [0.15, 0.2) is 34.6 Å². The Balaban J connectivity index is 1.55. The first-order valence-electron chi connectivity index (χ1n) is 7.34. The fraction of sp³-hybridized carbons (Fsp3) is 0.438. The Kier molecular flexibility index (Phi) is 4.72. The quantitative estimate of drug-likeness (QED) is 0.674. The van der Waals surface area contributed by atoms with E-state index in [1.165, 1.54) is 15.6 Å². The van der Waals surface area contributed by atoms with Gasteiger partial charge in [0.05, 0.1) is 6.61 Å². The first-order chi connectivity index (χ1) is 10.4. The maximum Gasteiger partial charge on any atom is 0.191 e. The smallest absolute Gasteiger partial charge is 0.191 e. The average Bonchev–Trinajstić information content (AvgIpc) is 3.17. The Hall–Kier alpha value is -1.59. The highest BCUT2D eigenvalue weighted by molar-refractivity contribution is 7.17. The standard InChI is InChI=1S/C16H21N3OS/c1-17-16(18-8-12-6-7-20-10-12)19-9-13-11-21-15-5-3-2-4-14(13)15/h2-5,11-12H,6-10H2,1H3,(H2,17,18,19). The van der Waals surface area contributed by atoms with Gasteiger partial charge in [-0.1, -0.05) is 18.2 Å². The molecule has 2 heterocycles. The van der Waals surface area contributed by atoms with E-state index in [0.717, 1.165) is 38.7 Å². The molecule has 1 saturated heterocycles. The molecule has 1 unspecified atom stereocenters. The second-order valence-corrected chi connectivity index (χ2v) is 6.20. The number of aliphatic imine (C=N–C) groups is 1. The summed E-state index contributed by atoms with van der Waals surface area (Å²) in [4.78, 5) is 4.29. The molecule has 0 saturated carbocycles. The molecule has 1 aromatic carbocycles. The molecule has 0 spiro atoms. The van der Waals surface area contributed by atoms with Gasteiger partial charge in [0.2, 0.25) is 0 Å². The fourth-order valence-corrected chi connectivity index (χ4v) is 3.52. The summed E-state index contributed by atoms with van der Waals surface area (Å²) in [7, 11) is 1.81. The van der Waals surface area contributed by atoms with Crippen LogP contribution in [0.1, 0.15) is 12.0 Å². The Morgan fingerprint density at radius 3 is 3.10 bits per heavy atom. The van der Waals surface area contributed by atoms with Gasteiger partial charge in [-0.15, -0.1) is 11.3 Å². The zero-order valence-corrected chi connectivity index (χ0v) is 13.1. The van der Waals surface area contributed by atoms with Gasteiger partial charge in [0.25, 0.3) is 0 Å². The molecular formula is C16H21N3OS. The zero-order valence-electron chi connectivity index (χ0n) is 12.3. The lowest BCUT2D eigenvalue weighted by Gasteiger charge is -2.14. The number of benzene rings is 1. The molecule has 5 heteroatoms. The van der Waals surface area contributed by atoms with Crippen molar-refractivity contribution in [3.8, 4) is 0 Å². The summed E-state index contributed by atoms with van der Waals surface area (Å²) in [5, 5.41) is 10.3. The summed E-state index contributed by atoms with van der Waals surface area (Å²) in [5.41, 5.74) is 1.32. The van der Waals surface area contributed by atoms with Crippen LogP contribution in [-0.2, 0) is 11.3 Å². The molecule has 21 heavy (non-hydrogen) atoms. The van der Waals surface area contributed by atoms with E-state index in [4.69, 9.17) is 4.74 Å². The molecule has 0 amide bonds. The van der Waals surface area contributed by atoms with Crippen molar-refractivity contribution in [2.24, 2.45) is 10.9 Å². The summed E-state index contributed by atoms with van der Waals surface area (Å²) in [6.45, 7) is 3.47. The molecule has 112 valence electrons. The Bertz CT molecular complexity index is 617. The number of hydrogen-bond acceptors (Lipinski definition) is 3. The van der Waals surface area contributed by atoms with E-state index >= 15 is 0 Å². The topological polar surface area (TPSA) is 45.7 Å². The third-order valence-electron chi connectivity index (χ3n) is 3.81. The molecule has 0 aliphatic carbocycles. The van der Waals surface area contributed by atoms with Crippen LogP contribution in [-0.4, -0.2) is 32.8 Å². The second-order valence-electron chi connectivity index (χ2n) is 5.29. The van der Waals surface area contributed by atoms with Crippen LogP contribution < -0.4 is 10.6 Å². The third-order valence-corrected chi connectivity index (χ3v) is 4.83. The van der Waals surface area contributed by atoms with Crippen LogP contribution >= 0.6 is 11.3 Å². The van der Waals surface area contributed by atoms with Crippen molar-refractivity contribution in [3.05, 3.63) is 35.2 Å². The summed E-state index contributed by atoms with van der Waals surface area (Å²) in [5.74, 6) is 1.46. The minimum absolute atomic E-state index is 0.602. The molecule has 0 bridgehead atoms. The van der Waals surface area contributed by atoms with Crippen molar-refractivity contribution in [2.45, 2.75) is 13.0 Å². The predicted molar refractivity (Wildman–Crippen MR) is 89.0 cm³/mol. The number of fused-ring (bicyclic) bond motifs is 1. The predicted octanol–water partition coefficient (Wildman–Crippen LogP) is 2.60. The van der Waals surface area contributed by atoms with E-state index in [1.54, 1.807) is 11.3 Å². The number of guanidine groups is 1. The molecule has 3 rings (SSSR count). The van der Waals surface area contributed by atoms with Gasteiger partial charge in [-0.25, -0.2) is 0 Å². The first-order valence-corrected chi connectivity index (χ1v) is 8.22. The van der Waals surface area contributed by atoms with Crippen LogP contribution in [0.3, 0.4) is 0 Å². The van der Waals surface area contributed by atoms with Crippen LogP contribution in [0.5, 0.6) is 0 Å². The van der Waals surface area contributed by atoms with Crippen LogP contribution in [0.2, 0.25) is 0 Å². The number of hydrogen-bond donors (Lipinski definition) is 2. The van der Waals surface area contributed by atoms with E-state index in [1.807, 2.05) is 7.05 Å². The average molecular weight is 303 g/mol. The second kappa shape index (κ2) is 6.91. The number of thiophene rings is 1. The lowest BCUT2D eigenvalue weighted by atomic mass is 10.1. The van der Waals surface area contributed by atoms with Crippen molar-refractivity contribution in [2.75, 3.05) is 26.8 Å². The zero-order chi connectivity index (χ0) is 14.5. The Morgan fingerprint density at radius 1 is 1.38 bits per heavy atom. The third kappa shape index (κ3) is 3.54. The van der Waals surface area contributed by atoms with Gasteiger partial charge in [-0.05, 0) is 28.8 Å². The highest BCUT2D eigenvalue weighted by atomic mass is 32.1. The van der Waals surface area contributed by atoms with Gasteiger partial charge in [-0.2, -0.15) is 0 Å². The highest BCUT2D eigenvalue weighted by Crippen LogP contribution is 2.25. The fourth-order valence-electron chi connectivity index (χ4n) is 2.55. The molecule has 1 aromatic heterocycles. The van der Waals surface area contributed by atoms with Crippen molar-refractivity contribution in [1.29, 1.82) is 0 Å². The van der Waals surface area contributed by atoms with Gasteiger partial charge in [0.1, 0.15) is 0 Å². The molecule has 1 aliphatic heterocycles. The van der Waals surface area contributed by atoms with Crippen LogP contribution in [0, 0.1) is 5.92 Å². The van der Waals surface area contributed by atoms with E-state index in [2.05, 4.69) is 45.3 Å². The van der Waals surface area contributed by atoms with E-state index in [-0.39, 0.29) is 0 Å².